The average molecular weight is 426 g/mol. The van der Waals surface area contributed by atoms with E-state index < -0.39 is 0 Å². The number of ether oxygens (including phenoxy) is 1. The Morgan fingerprint density at radius 1 is 1.15 bits per heavy atom. The molecule has 3 rings (SSSR count). The summed E-state index contributed by atoms with van der Waals surface area (Å²) in [4.78, 5) is 16.5. The summed E-state index contributed by atoms with van der Waals surface area (Å²) in [5.41, 5.74) is 1.55. The summed E-state index contributed by atoms with van der Waals surface area (Å²) in [6.07, 6.45) is 1.46. The topological polar surface area (TPSA) is 69.0 Å². The summed E-state index contributed by atoms with van der Waals surface area (Å²) in [5.74, 6) is 0.983. The Morgan fingerprint density at radius 2 is 1.93 bits per heavy atom. The molecule has 0 aliphatic heterocycles. The van der Waals surface area contributed by atoms with Crippen LogP contribution >= 0.6 is 34.8 Å². The third-order valence-corrected chi connectivity index (χ3v) is 4.50. The summed E-state index contributed by atoms with van der Waals surface area (Å²) >= 11 is 18.1. The maximum atomic E-state index is 12.3. The molecule has 0 fully saturated rings. The van der Waals surface area contributed by atoms with Gasteiger partial charge in [-0.15, -0.1) is 0 Å². The lowest BCUT2D eigenvalue weighted by molar-refractivity contribution is -0.118. The zero-order chi connectivity index (χ0) is 19.6. The number of rotatable bonds is 5. The van der Waals surface area contributed by atoms with Gasteiger partial charge in [0, 0.05) is 17.3 Å². The molecule has 0 radical (unpaired) electrons. The fraction of sp³-hybridized carbons (Fsp3) is 0.167. The largest absolute Gasteiger partial charge is 0.484 e. The van der Waals surface area contributed by atoms with E-state index in [1.807, 2.05) is 6.92 Å². The number of nitrogens with zero attached hydrogens (tertiary/aromatic N) is 3. The van der Waals surface area contributed by atoms with Crippen molar-refractivity contribution in [2.45, 2.75) is 13.8 Å². The molecule has 1 N–H and O–H groups in total. The van der Waals surface area contributed by atoms with Gasteiger partial charge in [0.25, 0.3) is 5.91 Å². The number of anilines is 1. The van der Waals surface area contributed by atoms with Crippen molar-refractivity contribution in [2.24, 2.45) is 0 Å². The number of hydrogen-bond donors (Lipinski definition) is 1. The molecule has 140 valence electrons. The summed E-state index contributed by atoms with van der Waals surface area (Å²) in [7, 11) is 0. The molecule has 0 aliphatic carbocycles. The van der Waals surface area contributed by atoms with E-state index in [4.69, 9.17) is 39.5 Å². The van der Waals surface area contributed by atoms with Crippen LogP contribution in [0.3, 0.4) is 0 Å². The quantitative estimate of drug-likeness (QED) is 0.633. The van der Waals surface area contributed by atoms with Gasteiger partial charge in [-0.05, 0) is 43.7 Å². The monoisotopic (exact) mass is 424 g/mol. The minimum atomic E-state index is -0.353. The van der Waals surface area contributed by atoms with E-state index in [0.717, 1.165) is 5.56 Å². The van der Waals surface area contributed by atoms with Crippen molar-refractivity contribution in [3.05, 3.63) is 62.9 Å². The Bertz CT molecular complexity index is 1000. The van der Waals surface area contributed by atoms with E-state index >= 15 is 0 Å². The van der Waals surface area contributed by atoms with Crippen LogP contribution in [0.2, 0.25) is 15.1 Å². The van der Waals surface area contributed by atoms with Crippen molar-refractivity contribution in [3.8, 4) is 11.6 Å². The molecule has 2 aromatic heterocycles. The number of amides is 1. The van der Waals surface area contributed by atoms with Gasteiger partial charge in [0.05, 0.1) is 15.7 Å². The van der Waals surface area contributed by atoms with Crippen LogP contribution in [0.4, 0.5) is 5.82 Å². The average Bonchev–Trinajstić information content (AvgIpc) is 2.96. The summed E-state index contributed by atoms with van der Waals surface area (Å²) in [5, 5.41) is 8.43. The highest BCUT2D eigenvalue weighted by atomic mass is 35.5. The molecular weight excluding hydrogens is 411 g/mol. The standard InChI is InChI=1S/C18H15Cl3N4O2/c1-10-5-13(3-4-14(10)20)27-9-17(26)23-16-6-11(2)24-25(16)18-15(21)7-12(19)8-22-18/h3-8H,9H2,1-2H3,(H,23,26). The number of aryl methyl sites for hydroxylation is 2. The third-order valence-electron chi connectivity index (χ3n) is 3.59. The maximum absolute atomic E-state index is 12.3. The van der Waals surface area contributed by atoms with Gasteiger partial charge < -0.3 is 10.1 Å². The van der Waals surface area contributed by atoms with E-state index in [1.54, 1.807) is 37.3 Å². The minimum absolute atomic E-state index is 0.174. The minimum Gasteiger partial charge on any atom is -0.484 e. The van der Waals surface area contributed by atoms with Crippen LogP contribution in [0.5, 0.6) is 5.75 Å². The molecule has 0 spiro atoms. The van der Waals surface area contributed by atoms with Gasteiger partial charge in [-0.25, -0.2) is 4.98 Å². The lowest BCUT2D eigenvalue weighted by atomic mass is 10.2. The second kappa shape index (κ2) is 8.17. The zero-order valence-corrected chi connectivity index (χ0v) is 16.7. The number of hydrogen-bond acceptors (Lipinski definition) is 4. The van der Waals surface area contributed by atoms with Crippen molar-refractivity contribution in [1.29, 1.82) is 0 Å². The van der Waals surface area contributed by atoms with Crippen molar-refractivity contribution in [2.75, 3.05) is 11.9 Å². The molecule has 27 heavy (non-hydrogen) atoms. The highest BCUT2D eigenvalue weighted by molar-refractivity contribution is 6.35. The van der Waals surface area contributed by atoms with Crippen LogP contribution in [0.25, 0.3) is 5.82 Å². The number of aromatic nitrogens is 3. The van der Waals surface area contributed by atoms with Gasteiger partial charge in [0.15, 0.2) is 12.4 Å². The first-order chi connectivity index (χ1) is 12.8. The molecule has 6 nitrogen and oxygen atoms in total. The summed E-state index contributed by atoms with van der Waals surface area (Å²) < 4.78 is 6.95. The van der Waals surface area contributed by atoms with Crippen molar-refractivity contribution in [3.63, 3.8) is 0 Å². The fourth-order valence-electron chi connectivity index (χ4n) is 2.35. The molecule has 0 bridgehead atoms. The highest BCUT2D eigenvalue weighted by Gasteiger charge is 2.15. The first-order valence-corrected chi connectivity index (χ1v) is 9.04. The molecule has 0 unspecified atom stereocenters. The van der Waals surface area contributed by atoms with Gasteiger partial charge in [0.1, 0.15) is 11.6 Å². The normalized spacial score (nSPS) is 10.7. The van der Waals surface area contributed by atoms with E-state index in [0.29, 0.717) is 38.1 Å². The molecule has 1 amide bonds. The Labute approximate surface area is 171 Å². The van der Waals surface area contributed by atoms with Crippen LogP contribution in [-0.4, -0.2) is 27.3 Å². The second-order valence-corrected chi connectivity index (χ2v) is 7.04. The van der Waals surface area contributed by atoms with Gasteiger partial charge in [-0.2, -0.15) is 9.78 Å². The first kappa shape index (κ1) is 19.5. The van der Waals surface area contributed by atoms with Gasteiger partial charge >= 0.3 is 0 Å². The van der Waals surface area contributed by atoms with Crippen LogP contribution < -0.4 is 10.1 Å². The predicted octanol–water partition coefficient (Wildman–Crippen LogP) is 4.86. The highest BCUT2D eigenvalue weighted by Crippen LogP contribution is 2.25. The van der Waals surface area contributed by atoms with Crippen LogP contribution in [0.1, 0.15) is 11.3 Å². The van der Waals surface area contributed by atoms with Crippen molar-refractivity contribution >= 4 is 46.5 Å². The van der Waals surface area contributed by atoms with Crippen LogP contribution in [0.15, 0.2) is 36.5 Å². The molecule has 0 atom stereocenters. The Balaban J connectivity index is 1.73. The zero-order valence-electron chi connectivity index (χ0n) is 14.5. The smallest absolute Gasteiger partial charge is 0.263 e. The lowest BCUT2D eigenvalue weighted by Crippen LogP contribution is -2.22. The first-order valence-electron chi connectivity index (χ1n) is 7.90. The van der Waals surface area contributed by atoms with E-state index in [9.17, 15) is 4.79 Å². The van der Waals surface area contributed by atoms with E-state index in [2.05, 4.69) is 15.4 Å². The number of nitrogens with one attached hydrogen (secondary N) is 1. The van der Waals surface area contributed by atoms with Gasteiger partial charge in [-0.3, -0.25) is 4.79 Å². The summed E-state index contributed by atoms with van der Waals surface area (Å²) in [6.45, 7) is 3.48. The van der Waals surface area contributed by atoms with E-state index in [-0.39, 0.29) is 12.5 Å². The maximum Gasteiger partial charge on any atom is 0.263 e. The number of pyridine rings is 1. The predicted molar refractivity (Wildman–Crippen MR) is 106 cm³/mol. The molecule has 0 aliphatic rings. The number of halogens is 3. The molecular formula is C18H15Cl3N4O2. The summed E-state index contributed by atoms with van der Waals surface area (Å²) in [6, 6.07) is 8.45. The lowest BCUT2D eigenvalue weighted by Gasteiger charge is -2.11. The third kappa shape index (κ3) is 4.71. The number of carbonyl (C=O) groups is 1. The van der Waals surface area contributed by atoms with Gasteiger partial charge in [-0.1, -0.05) is 34.8 Å². The molecule has 9 heteroatoms. The molecule has 0 saturated carbocycles. The molecule has 1 aromatic carbocycles. The Kier molecular flexibility index (Phi) is 5.89. The van der Waals surface area contributed by atoms with Crippen LogP contribution in [0, 0.1) is 13.8 Å². The fourth-order valence-corrected chi connectivity index (χ4v) is 2.93. The second-order valence-electron chi connectivity index (χ2n) is 5.79. The Morgan fingerprint density at radius 3 is 2.63 bits per heavy atom. The van der Waals surface area contributed by atoms with Gasteiger partial charge in [0.2, 0.25) is 0 Å². The Hall–Kier alpha value is -2.28. The molecule has 0 saturated heterocycles. The number of carbonyl (C=O) groups excluding carboxylic acids is 1. The van der Waals surface area contributed by atoms with Crippen molar-refractivity contribution in [1.82, 2.24) is 14.8 Å². The molecule has 3 aromatic rings. The van der Waals surface area contributed by atoms with Crippen molar-refractivity contribution < 1.29 is 9.53 Å². The van der Waals surface area contributed by atoms with Crippen LogP contribution in [-0.2, 0) is 4.79 Å². The SMILES string of the molecule is Cc1cc(NC(=O)COc2ccc(Cl)c(C)c2)n(-c2ncc(Cl)cc2Cl)n1. The molecule has 2 heterocycles. The number of benzene rings is 1. The van der Waals surface area contributed by atoms with E-state index in [1.165, 1.54) is 10.9 Å².